The topological polar surface area (TPSA) is 114 Å². The molecule has 0 bridgehead atoms. The van der Waals surface area contributed by atoms with Crippen LogP contribution in [0.4, 0.5) is 11.5 Å². The van der Waals surface area contributed by atoms with E-state index >= 15 is 0 Å². The molecule has 29 heavy (non-hydrogen) atoms. The van der Waals surface area contributed by atoms with Gasteiger partial charge in [0.1, 0.15) is 17.2 Å². The van der Waals surface area contributed by atoms with Gasteiger partial charge in [0.15, 0.2) is 0 Å². The number of nitrogens with zero attached hydrogens (tertiary/aromatic N) is 5. The van der Waals surface area contributed by atoms with E-state index in [2.05, 4.69) is 4.98 Å². The van der Waals surface area contributed by atoms with Crippen LogP contribution < -0.4 is 10.5 Å². The lowest BCUT2D eigenvalue weighted by Gasteiger charge is -2.35. The van der Waals surface area contributed by atoms with Crippen molar-refractivity contribution in [3.8, 4) is 0 Å². The molecule has 1 aliphatic rings. The van der Waals surface area contributed by atoms with Crippen LogP contribution in [-0.2, 0) is 0 Å². The molecule has 0 unspecified atom stereocenters. The third-order valence-electron chi connectivity index (χ3n) is 5.01. The number of aromatic nitrogens is 2. The standard InChI is InChI=1S/C19H19N5O5/c1-12-11-14(13(2)29-12)18(25)22-9-7-21(8-10-22)17-16(24(27)28)19(26)23-6-4-3-5-15(23)20-17/h3-6,11H,7-10H2,1-2H3. The largest absolute Gasteiger partial charge is 0.466 e. The summed E-state index contributed by atoms with van der Waals surface area (Å²) in [6.45, 7) is 4.90. The van der Waals surface area contributed by atoms with Crippen LogP contribution in [0.25, 0.3) is 5.65 Å². The number of carbonyl (C=O) groups is 1. The maximum atomic E-state index is 12.8. The summed E-state index contributed by atoms with van der Waals surface area (Å²) in [5.41, 5.74) is -0.432. The first-order valence-corrected chi connectivity index (χ1v) is 9.14. The molecule has 0 radical (unpaired) electrons. The second-order valence-corrected chi connectivity index (χ2v) is 6.88. The number of fused-ring (bicyclic) bond motifs is 1. The lowest BCUT2D eigenvalue weighted by Crippen LogP contribution is -2.49. The summed E-state index contributed by atoms with van der Waals surface area (Å²) in [6, 6.07) is 6.66. The zero-order valence-corrected chi connectivity index (χ0v) is 16.0. The predicted molar refractivity (Wildman–Crippen MR) is 104 cm³/mol. The van der Waals surface area contributed by atoms with Gasteiger partial charge < -0.3 is 14.2 Å². The highest BCUT2D eigenvalue weighted by atomic mass is 16.6. The van der Waals surface area contributed by atoms with Crippen LogP contribution in [-0.4, -0.2) is 51.3 Å². The van der Waals surface area contributed by atoms with Crippen molar-refractivity contribution < 1.29 is 14.1 Å². The Labute approximate surface area is 165 Å². The highest BCUT2D eigenvalue weighted by molar-refractivity contribution is 5.95. The normalized spacial score (nSPS) is 14.4. The lowest BCUT2D eigenvalue weighted by atomic mass is 10.2. The summed E-state index contributed by atoms with van der Waals surface area (Å²) in [6.07, 6.45) is 1.45. The molecule has 10 nitrogen and oxygen atoms in total. The number of piperazine rings is 1. The van der Waals surface area contributed by atoms with E-state index in [4.69, 9.17) is 4.42 Å². The third-order valence-corrected chi connectivity index (χ3v) is 5.01. The minimum Gasteiger partial charge on any atom is -0.466 e. The van der Waals surface area contributed by atoms with Crippen molar-refractivity contribution in [3.63, 3.8) is 0 Å². The van der Waals surface area contributed by atoms with E-state index in [0.717, 1.165) is 4.40 Å². The molecule has 0 atom stereocenters. The molecule has 3 aromatic heterocycles. The molecular weight excluding hydrogens is 378 g/mol. The van der Waals surface area contributed by atoms with Crippen molar-refractivity contribution in [1.82, 2.24) is 14.3 Å². The van der Waals surface area contributed by atoms with Crippen LogP contribution in [0.1, 0.15) is 21.9 Å². The number of aryl methyl sites for hydroxylation is 2. The molecule has 3 aromatic rings. The van der Waals surface area contributed by atoms with Crippen molar-refractivity contribution in [3.05, 3.63) is 68.0 Å². The van der Waals surface area contributed by atoms with Gasteiger partial charge in [-0.15, -0.1) is 0 Å². The fourth-order valence-corrected chi connectivity index (χ4v) is 3.58. The van der Waals surface area contributed by atoms with E-state index in [-0.39, 0.29) is 11.7 Å². The highest BCUT2D eigenvalue weighted by Gasteiger charge is 2.31. The SMILES string of the molecule is Cc1cc(C(=O)N2CCN(c3nc4ccccn4c(=O)c3[N+](=O)[O-])CC2)c(C)o1. The number of furan rings is 1. The molecule has 1 saturated heterocycles. The molecule has 0 saturated carbocycles. The van der Waals surface area contributed by atoms with E-state index < -0.39 is 16.2 Å². The van der Waals surface area contributed by atoms with Gasteiger partial charge in [-0.3, -0.25) is 24.1 Å². The summed E-state index contributed by atoms with van der Waals surface area (Å²) in [4.78, 5) is 44.0. The first-order chi connectivity index (χ1) is 13.9. The molecule has 0 aliphatic carbocycles. The van der Waals surface area contributed by atoms with Crippen LogP contribution in [0.5, 0.6) is 0 Å². The smallest absolute Gasteiger partial charge is 0.376 e. The molecule has 0 aromatic carbocycles. The monoisotopic (exact) mass is 397 g/mol. The quantitative estimate of drug-likeness (QED) is 0.489. The molecule has 4 rings (SSSR count). The van der Waals surface area contributed by atoms with E-state index in [1.807, 2.05) is 0 Å². The zero-order valence-electron chi connectivity index (χ0n) is 16.0. The van der Waals surface area contributed by atoms with E-state index in [1.165, 1.54) is 6.20 Å². The number of anilines is 1. The van der Waals surface area contributed by atoms with Crippen LogP contribution in [0.3, 0.4) is 0 Å². The van der Waals surface area contributed by atoms with E-state index in [1.54, 1.807) is 47.9 Å². The molecule has 4 heterocycles. The molecule has 0 N–H and O–H groups in total. The zero-order chi connectivity index (χ0) is 20.7. The van der Waals surface area contributed by atoms with E-state index in [9.17, 15) is 19.7 Å². The summed E-state index contributed by atoms with van der Waals surface area (Å²) >= 11 is 0. The van der Waals surface area contributed by atoms with Crippen molar-refractivity contribution in [2.24, 2.45) is 0 Å². The van der Waals surface area contributed by atoms with Gasteiger partial charge in [-0.05, 0) is 32.0 Å². The van der Waals surface area contributed by atoms with Gasteiger partial charge in [-0.2, -0.15) is 0 Å². The van der Waals surface area contributed by atoms with Crippen molar-refractivity contribution in [1.29, 1.82) is 0 Å². The Morgan fingerprint density at radius 2 is 1.93 bits per heavy atom. The van der Waals surface area contributed by atoms with Crippen LogP contribution >= 0.6 is 0 Å². The summed E-state index contributed by atoms with van der Waals surface area (Å²) < 4.78 is 6.59. The van der Waals surface area contributed by atoms with Gasteiger partial charge in [-0.1, -0.05) is 6.07 Å². The highest BCUT2D eigenvalue weighted by Crippen LogP contribution is 2.25. The van der Waals surface area contributed by atoms with Gasteiger partial charge in [0.05, 0.1) is 10.5 Å². The number of nitro groups is 1. The molecule has 10 heteroatoms. The number of carbonyl (C=O) groups excluding carboxylic acids is 1. The van der Waals surface area contributed by atoms with E-state index in [0.29, 0.717) is 48.9 Å². The van der Waals surface area contributed by atoms with Crippen LogP contribution in [0, 0.1) is 24.0 Å². The second-order valence-electron chi connectivity index (χ2n) is 6.88. The minimum absolute atomic E-state index is 0.0358. The fraction of sp³-hybridized carbons (Fsp3) is 0.316. The van der Waals surface area contributed by atoms with Crippen molar-refractivity contribution in [2.75, 3.05) is 31.1 Å². The summed E-state index contributed by atoms with van der Waals surface area (Å²) in [7, 11) is 0. The Bertz CT molecular complexity index is 1170. The average molecular weight is 397 g/mol. The first-order valence-electron chi connectivity index (χ1n) is 9.14. The maximum absolute atomic E-state index is 12.8. The second kappa shape index (κ2) is 7.04. The molecule has 0 spiro atoms. The van der Waals surface area contributed by atoms with Crippen molar-refractivity contribution >= 4 is 23.1 Å². The molecule has 1 amide bonds. The van der Waals surface area contributed by atoms with Gasteiger partial charge in [-0.25, -0.2) is 4.98 Å². The number of rotatable bonds is 3. The third kappa shape index (κ3) is 3.22. The van der Waals surface area contributed by atoms with Gasteiger partial charge in [0.25, 0.3) is 5.91 Å². The number of hydrogen-bond donors (Lipinski definition) is 0. The number of pyridine rings is 1. The number of amides is 1. The molecule has 150 valence electrons. The first kappa shape index (κ1) is 18.7. The molecular formula is C19H19N5O5. The predicted octanol–water partition coefficient (Wildman–Crippen LogP) is 1.77. The fourth-order valence-electron chi connectivity index (χ4n) is 3.58. The Kier molecular flexibility index (Phi) is 4.53. The lowest BCUT2D eigenvalue weighted by molar-refractivity contribution is -0.385. The Balaban J connectivity index is 1.62. The van der Waals surface area contributed by atoms with Crippen molar-refractivity contribution in [2.45, 2.75) is 13.8 Å². The maximum Gasteiger partial charge on any atom is 0.376 e. The number of hydrogen-bond acceptors (Lipinski definition) is 7. The van der Waals surface area contributed by atoms with Crippen LogP contribution in [0.2, 0.25) is 0 Å². The van der Waals surface area contributed by atoms with Gasteiger partial charge in [0.2, 0.25) is 5.82 Å². The van der Waals surface area contributed by atoms with Gasteiger partial charge >= 0.3 is 11.2 Å². The summed E-state index contributed by atoms with van der Waals surface area (Å²) in [5.74, 6) is 1.13. The Hall–Kier alpha value is -3.69. The molecule has 1 aliphatic heterocycles. The summed E-state index contributed by atoms with van der Waals surface area (Å²) in [5, 5.41) is 11.6. The Morgan fingerprint density at radius 3 is 2.55 bits per heavy atom. The molecule has 1 fully saturated rings. The van der Waals surface area contributed by atoms with Crippen LogP contribution in [0.15, 0.2) is 39.7 Å². The average Bonchev–Trinajstić information content (AvgIpc) is 3.05. The minimum atomic E-state index is -0.724. The Morgan fingerprint density at radius 1 is 1.21 bits per heavy atom. The van der Waals surface area contributed by atoms with Gasteiger partial charge in [0, 0.05) is 32.4 Å².